The van der Waals surface area contributed by atoms with Gasteiger partial charge in [0.25, 0.3) is 0 Å². The van der Waals surface area contributed by atoms with Crippen LogP contribution in [0.2, 0.25) is 0 Å². The lowest BCUT2D eigenvalue weighted by Crippen LogP contribution is -2.28. The van der Waals surface area contributed by atoms with E-state index in [-0.39, 0.29) is 11.6 Å². The fraction of sp³-hybridized carbons (Fsp3) is 0.200. The van der Waals surface area contributed by atoms with Gasteiger partial charge in [0.15, 0.2) is 23.0 Å². The monoisotopic (exact) mass is 644 g/mol. The van der Waals surface area contributed by atoms with E-state index in [1.54, 1.807) is 0 Å². The molecule has 47 heavy (non-hydrogen) atoms. The molecular weight excluding hydrogens is 618 g/mol. The Labute approximate surface area is 265 Å². The summed E-state index contributed by atoms with van der Waals surface area (Å²) in [5, 5.41) is 7.66. The maximum absolute atomic E-state index is 13.6. The van der Waals surface area contributed by atoms with E-state index in [1.165, 1.54) is 12.4 Å². The maximum atomic E-state index is 13.6. The van der Waals surface area contributed by atoms with Crippen LogP contribution in [0.3, 0.4) is 0 Å². The van der Waals surface area contributed by atoms with E-state index in [2.05, 4.69) is 10.2 Å². The van der Waals surface area contributed by atoms with Gasteiger partial charge >= 0.3 is 12.4 Å². The minimum atomic E-state index is -4.64. The zero-order chi connectivity index (χ0) is 32.8. The smallest absolute Gasteiger partial charge is 0.232 e. The molecule has 6 nitrogen and oxygen atoms in total. The Balaban J connectivity index is 1.41. The van der Waals surface area contributed by atoms with Gasteiger partial charge in [-0.2, -0.15) is 36.5 Å². The third-order valence-electron chi connectivity index (χ3n) is 8.55. The third-order valence-corrected chi connectivity index (χ3v) is 8.55. The second-order valence-electron chi connectivity index (χ2n) is 11.4. The fourth-order valence-electron chi connectivity index (χ4n) is 6.27. The van der Waals surface area contributed by atoms with Crippen LogP contribution in [-0.2, 0) is 17.8 Å². The minimum Gasteiger partial charge on any atom is -0.232 e. The van der Waals surface area contributed by atoms with Crippen LogP contribution in [0.25, 0.3) is 33.9 Å². The number of benzene rings is 2. The van der Waals surface area contributed by atoms with Gasteiger partial charge in [0.05, 0.1) is 16.8 Å². The molecule has 0 unspecified atom stereocenters. The van der Waals surface area contributed by atoms with Crippen LogP contribution in [0, 0.1) is 0 Å². The SMILES string of the molecule is FC(F)(F)c1ccn(-c2nc(C3(c4ccc(-c5ccccc5)c(-n5ccc(C(F)(F)F)n5)n4)CCCC3)ccc2-c2ccccc2)n1. The van der Waals surface area contributed by atoms with E-state index in [9.17, 15) is 26.3 Å². The first-order valence-corrected chi connectivity index (χ1v) is 14.9. The zero-order valence-electron chi connectivity index (χ0n) is 24.7. The minimum absolute atomic E-state index is 0.221. The van der Waals surface area contributed by atoms with Crippen LogP contribution in [0.4, 0.5) is 26.3 Å². The number of nitrogens with zero attached hydrogens (tertiary/aromatic N) is 6. The molecule has 4 aromatic heterocycles. The molecule has 0 saturated heterocycles. The van der Waals surface area contributed by atoms with E-state index in [0.717, 1.165) is 45.5 Å². The van der Waals surface area contributed by atoms with Crippen molar-refractivity contribution in [1.82, 2.24) is 29.5 Å². The quantitative estimate of drug-likeness (QED) is 0.170. The van der Waals surface area contributed by atoms with Gasteiger partial charge in [-0.25, -0.2) is 19.3 Å². The summed E-state index contributed by atoms with van der Waals surface area (Å²) in [6, 6.07) is 27.5. The van der Waals surface area contributed by atoms with E-state index < -0.39 is 29.2 Å². The van der Waals surface area contributed by atoms with Crippen molar-refractivity contribution in [3.05, 3.63) is 132 Å². The molecule has 2 aromatic carbocycles. The molecule has 12 heteroatoms. The normalized spacial score (nSPS) is 14.9. The van der Waals surface area contributed by atoms with Crippen molar-refractivity contribution in [2.75, 3.05) is 0 Å². The summed E-state index contributed by atoms with van der Waals surface area (Å²) in [4.78, 5) is 9.97. The summed E-state index contributed by atoms with van der Waals surface area (Å²) < 4.78 is 83.7. The van der Waals surface area contributed by atoms with Gasteiger partial charge in [-0.1, -0.05) is 73.5 Å². The summed E-state index contributed by atoms with van der Waals surface area (Å²) in [5.41, 5.74) is 0.975. The highest BCUT2D eigenvalue weighted by Crippen LogP contribution is 2.47. The molecule has 0 aliphatic heterocycles. The molecule has 0 N–H and O–H groups in total. The zero-order valence-corrected chi connectivity index (χ0v) is 24.7. The third kappa shape index (κ3) is 5.68. The van der Waals surface area contributed by atoms with E-state index in [4.69, 9.17) is 9.97 Å². The number of halogens is 6. The molecule has 0 bridgehead atoms. The topological polar surface area (TPSA) is 61.4 Å². The Hall–Kier alpha value is -5.26. The van der Waals surface area contributed by atoms with Crippen molar-refractivity contribution in [1.29, 1.82) is 0 Å². The highest BCUT2D eigenvalue weighted by Gasteiger charge is 2.42. The van der Waals surface area contributed by atoms with Crippen molar-refractivity contribution in [3.63, 3.8) is 0 Å². The summed E-state index contributed by atoms with van der Waals surface area (Å²) in [5.74, 6) is 0.442. The number of hydrogen-bond donors (Lipinski definition) is 0. The molecule has 0 atom stereocenters. The highest BCUT2D eigenvalue weighted by molar-refractivity contribution is 5.72. The Morgan fingerprint density at radius 1 is 0.511 bits per heavy atom. The van der Waals surface area contributed by atoms with Crippen molar-refractivity contribution >= 4 is 0 Å². The van der Waals surface area contributed by atoms with Crippen LogP contribution in [0.1, 0.15) is 48.5 Å². The number of alkyl halides is 6. The highest BCUT2D eigenvalue weighted by atomic mass is 19.4. The number of aromatic nitrogens is 6. The predicted octanol–water partition coefficient (Wildman–Crippen LogP) is 9.08. The predicted molar refractivity (Wildman–Crippen MR) is 163 cm³/mol. The van der Waals surface area contributed by atoms with Crippen LogP contribution in [0.5, 0.6) is 0 Å². The van der Waals surface area contributed by atoms with Gasteiger partial charge in [-0.05, 0) is 60.4 Å². The van der Waals surface area contributed by atoms with E-state index >= 15 is 0 Å². The maximum Gasteiger partial charge on any atom is 0.435 e. The van der Waals surface area contributed by atoms with Crippen molar-refractivity contribution in [2.45, 2.75) is 43.5 Å². The molecule has 4 heterocycles. The molecule has 1 aliphatic rings. The summed E-state index contributed by atoms with van der Waals surface area (Å²) in [6.07, 6.45) is -3.89. The molecule has 238 valence electrons. The first-order chi connectivity index (χ1) is 22.5. The van der Waals surface area contributed by atoms with Gasteiger partial charge < -0.3 is 0 Å². The average molecular weight is 645 g/mol. The molecule has 1 fully saturated rings. The molecule has 7 rings (SSSR count). The summed E-state index contributed by atoms with van der Waals surface area (Å²) in [7, 11) is 0. The Morgan fingerprint density at radius 3 is 1.28 bits per heavy atom. The van der Waals surface area contributed by atoms with Gasteiger partial charge in [-0.3, -0.25) is 0 Å². The average Bonchev–Trinajstić information content (AvgIpc) is 3.87. The van der Waals surface area contributed by atoms with Gasteiger partial charge in [0, 0.05) is 23.5 Å². The Morgan fingerprint density at radius 2 is 0.915 bits per heavy atom. The van der Waals surface area contributed by atoms with E-state index in [1.807, 2.05) is 84.9 Å². The van der Waals surface area contributed by atoms with Crippen molar-refractivity contribution in [3.8, 4) is 33.9 Å². The second-order valence-corrected chi connectivity index (χ2v) is 11.4. The van der Waals surface area contributed by atoms with Crippen molar-refractivity contribution in [2.24, 2.45) is 0 Å². The molecule has 1 aliphatic carbocycles. The van der Waals surface area contributed by atoms with Gasteiger partial charge in [0.2, 0.25) is 0 Å². The first kappa shape index (κ1) is 30.4. The van der Waals surface area contributed by atoms with Gasteiger partial charge in [-0.15, -0.1) is 0 Å². The molecular formula is C35H26F6N6. The number of rotatable bonds is 6. The Kier molecular flexibility index (Phi) is 7.45. The largest absolute Gasteiger partial charge is 0.435 e. The summed E-state index contributed by atoms with van der Waals surface area (Å²) in [6.45, 7) is 0. The van der Waals surface area contributed by atoms with Gasteiger partial charge in [0.1, 0.15) is 0 Å². The lowest BCUT2D eigenvalue weighted by atomic mass is 9.78. The van der Waals surface area contributed by atoms with Crippen LogP contribution < -0.4 is 0 Å². The van der Waals surface area contributed by atoms with Crippen LogP contribution in [-0.4, -0.2) is 29.5 Å². The molecule has 6 aromatic rings. The van der Waals surface area contributed by atoms with E-state index in [0.29, 0.717) is 35.4 Å². The molecule has 0 amide bonds. The molecule has 1 saturated carbocycles. The fourth-order valence-corrected chi connectivity index (χ4v) is 6.27. The van der Waals surface area contributed by atoms with Crippen LogP contribution in [0.15, 0.2) is 109 Å². The lowest BCUT2D eigenvalue weighted by Gasteiger charge is -2.30. The summed E-state index contributed by atoms with van der Waals surface area (Å²) >= 11 is 0. The lowest BCUT2D eigenvalue weighted by molar-refractivity contribution is -0.142. The first-order valence-electron chi connectivity index (χ1n) is 14.9. The van der Waals surface area contributed by atoms with Crippen LogP contribution >= 0.6 is 0 Å². The number of pyridine rings is 2. The molecule has 0 radical (unpaired) electrons. The molecule has 0 spiro atoms. The standard InChI is InChI=1S/C35H26F6N6/c36-34(37,38)29-17-21-46(44-29)31-25(23-9-3-1-4-10-23)13-15-27(42-31)33(19-7-8-20-33)28-16-14-26(24-11-5-2-6-12-24)32(43-28)47-22-18-30(45-47)35(39,40)41/h1-6,9-18,21-22H,7-8,19-20H2. The second kappa shape index (κ2) is 11.5. The van der Waals surface area contributed by atoms with Crippen molar-refractivity contribution < 1.29 is 26.3 Å². The number of hydrogen-bond acceptors (Lipinski definition) is 4. The Bertz CT molecular complexity index is 1880.